The van der Waals surface area contributed by atoms with Gasteiger partial charge in [0.25, 0.3) is 0 Å². The number of hydrogen-bond donors (Lipinski definition) is 1. The van der Waals surface area contributed by atoms with E-state index in [1.807, 2.05) is 24.4 Å². The summed E-state index contributed by atoms with van der Waals surface area (Å²) in [6.07, 6.45) is 2.73. The topological polar surface area (TPSA) is 41.6 Å². The van der Waals surface area contributed by atoms with Crippen LogP contribution in [0.15, 0.2) is 48.7 Å². The van der Waals surface area contributed by atoms with Gasteiger partial charge >= 0.3 is 0 Å². The Morgan fingerprint density at radius 2 is 2.00 bits per heavy atom. The highest BCUT2D eigenvalue weighted by molar-refractivity contribution is 5.81. The van der Waals surface area contributed by atoms with Gasteiger partial charge in [0, 0.05) is 23.0 Å². The molecule has 0 saturated carbocycles. The summed E-state index contributed by atoms with van der Waals surface area (Å²) in [7, 11) is 0. The zero-order valence-electron chi connectivity index (χ0n) is 11.7. The van der Waals surface area contributed by atoms with Crippen LogP contribution >= 0.6 is 0 Å². The number of nitrogens with zero attached hydrogens (tertiary/aromatic N) is 2. The Hall–Kier alpha value is -2.42. The Balaban J connectivity index is 2.20. The number of benzene rings is 1. The average Bonchev–Trinajstić information content (AvgIpc) is 2.92. The molecule has 20 heavy (non-hydrogen) atoms. The van der Waals surface area contributed by atoms with Crippen LogP contribution in [0.3, 0.4) is 0 Å². The summed E-state index contributed by atoms with van der Waals surface area (Å²) in [5.41, 5.74) is 6.54. The highest BCUT2D eigenvalue weighted by atomic mass is 15.1. The van der Waals surface area contributed by atoms with Gasteiger partial charge in [0.2, 0.25) is 0 Å². The van der Waals surface area contributed by atoms with Crippen LogP contribution in [0.5, 0.6) is 0 Å². The Labute approximate surface area is 118 Å². The van der Waals surface area contributed by atoms with Crippen molar-refractivity contribution >= 4 is 0 Å². The van der Waals surface area contributed by atoms with E-state index in [4.69, 9.17) is 0 Å². The van der Waals surface area contributed by atoms with Crippen LogP contribution in [-0.4, -0.2) is 15.2 Å². The second-order valence-corrected chi connectivity index (χ2v) is 4.86. The smallest absolute Gasteiger partial charge is 0.102 e. The van der Waals surface area contributed by atoms with Gasteiger partial charge in [-0.3, -0.25) is 10.1 Å². The molecule has 0 bridgehead atoms. The van der Waals surface area contributed by atoms with Crippen molar-refractivity contribution in [1.82, 2.24) is 15.2 Å². The second-order valence-electron chi connectivity index (χ2n) is 4.86. The lowest BCUT2D eigenvalue weighted by Gasteiger charge is -2.05. The van der Waals surface area contributed by atoms with E-state index >= 15 is 0 Å². The second kappa shape index (κ2) is 5.29. The van der Waals surface area contributed by atoms with Crippen LogP contribution in [-0.2, 0) is 6.42 Å². The van der Waals surface area contributed by atoms with Crippen LogP contribution in [0.2, 0.25) is 0 Å². The molecule has 0 spiro atoms. The molecule has 0 aliphatic carbocycles. The molecule has 0 amide bonds. The predicted molar refractivity (Wildman–Crippen MR) is 81.4 cm³/mol. The fourth-order valence-corrected chi connectivity index (χ4v) is 2.42. The van der Waals surface area contributed by atoms with Gasteiger partial charge in [0.05, 0.1) is 5.69 Å². The lowest BCUT2D eigenvalue weighted by atomic mass is 10.0. The number of pyridine rings is 1. The lowest BCUT2D eigenvalue weighted by molar-refractivity contribution is 0.976. The summed E-state index contributed by atoms with van der Waals surface area (Å²) in [6, 6.07) is 14.4. The Kier molecular flexibility index (Phi) is 3.33. The molecule has 2 aromatic heterocycles. The summed E-state index contributed by atoms with van der Waals surface area (Å²) >= 11 is 0. The van der Waals surface area contributed by atoms with E-state index in [0.717, 1.165) is 34.6 Å². The molecule has 1 N–H and O–H groups in total. The number of hydrogen-bond acceptors (Lipinski definition) is 2. The van der Waals surface area contributed by atoms with Gasteiger partial charge in [-0.25, -0.2) is 0 Å². The third-order valence-corrected chi connectivity index (χ3v) is 3.41. The van der Waals surface area contributed by atoms with Crippen LogP contribution in [0, 0.1) is 6.92 Å². The van der Waals surface area contributed by atoms with Crippen molar-refractivity contribution in [3.05, 3.63) is 59.9 Å². The zero-order valence-corrected chi connectivity index (χ0v) is 11.7. The van der Waals surface area contributed by atoms with Crippen molar-refractivity contribution in [2.24, 2.45) is 0 Å². The monoisotopic (exact) mass is 263 g/mol. The molecule has 0 fully saturated rings. The van der Waals surface area contributed by atoms with Gasteiger partial charge in [0.15, 0.2) is 0 Å². The molecule has 1 aromatic carbocycles. The Bertz CT molecular complexity index is 714. The summed E-state index contributed by atoms with van der Waals surface area (Å²) < 4.78 is 0. The van der Waals surface area contributed by atoms with Gasteiger partial charge in [0.1, 0.15) is 5.69 Å². The average molecular weight is 263 g/mol. The molecule has 3 heteroatoms. The van der Waals surface area contributed by atoms with Crippen molar-refractivity contribution in [2.75, 3.05) is 0 Å². The number of aromatic amines is 1. The summed E-state index contributed by atoms with van der Waals surface area (Å²) in [5.74, 6) is 0. The van der Waals surface area contributed by atoms with Crippen LogP contribution in [0.4, 0.5) is 0 Å². The maximum Gasteiger partial charge on any atom is 0.102 e. The maximum atomic E-state index is 4.51. The van der Waals surface area contributed by atoms with Crippen LogP contribution in [0.1, 0.15) is 18.2 Å². The first-order valence-corrected chi connectivity index (χ1v) is 6.85. The van der Waals surface area contributed by atoms with Gasteiger partial charge in [-0.15, -0.1) is 0 Å². The molecule has 0 unspecified atom stereocenters. The summed E-state index contributed by atoms with van der Waals surface area (Å²) in [4.78, 5) is 4.48. The Morgan fingerprint density at radius 1 is 1.10 bits per heavy atom. The molecule has 100 valence electrons. The van der Waals surface area contributed by atoms with E-state index < -0.39 is 0 Å². The van der Waals surface area contributed by atoms with E-state index in [-0.39, 0.29) is 0 Å². The van der Waals surface area contributed by atoms with E-state index in [1.165, 1.54) is 5.56 Å². The fraction of sp³-hybridized carbons (Fsp3) is 0.176. The van der Waals surface area contributed by atoms with E-state index in [0.29, 0.717) is 0 Å². The van der Waals surface area contributed by atoms with Gasteiger partial charge in [-0.05, 0) is 31.5 Å². The largest absolute Gasteiger partial charge is 0.281 e. The molecule has 3 nitrogen and oxygen atoms in total. The van der Waals surface area contributed by atoms with E-state index in [9.17, 15) is 0 Å². The molecular formula is C17H17N3. The summed E-state index contributed by atoms with van der Waals surface area (Å²) in [5, 5.41) is 7.66. The molecule has 0 aliphatic rings. The molecular weight excluding hydrogens is 246 g/mol. The van der Waals surface area contributed by atoms with E-state index in [2.05, 4.69) is 53.3 Å². The van der Waals surface area contributed by atoms with Crippen molar-refractivity contribution < 1.29 is 0 Å². The van der Waals surface area contributed by atoms with Crippen LogP contribution in [0.25, 0.3) is 22.5 Å². The van der Waals surface area contributed by atoms with Gasteiger partial charge in [-0.1, -0.05) is 36.8 Å². The predicted octanol–water partition coefficient (Wildman–Crippen LogP) is 4.01. The standard InChI is InChI=1S/C17H17N3/c1-3-14-16(15-9-4-5-10-18-15)17(20-19-14)13-8-6-7-12(2)11-13/h4-11H,3H2,1-2H3,(H,19,20). The molecule has 0 saturated heterocycles. The molecule has 0 aliphatic heterocycles. The minimum absolute atomic E-state index is 0.907. The highest BCUT2D eigenvalue weighted by Gasteiger charge is 2.16. The SMILES string of the molecule is CCc1[nH]nc(-c2cccc(C)c2)c1-c1ccccn1. The summed E-state index contributed by atoms with van der Waals surface area (Å²) in [6.45, 7) is 4.22. The van der Waals surface area contributed by atoms with Crippen molar-refractivity contribution in [3.8, 4) is 22.5 Å². The number of aryl methyl sites for hydroxylation is 2. The first-order valence-electron chi connectivity index (χ1n) is 6.85. The first-order chi connectivity index (χ1) is 9.79. The minimum Gasteiger partial charge on any atom is -0.281 e. The number of aromatic nitrogens is 3. The van der Waals surface area contributed by atoms with Crippen LogP contribution < -0.4 is 0 Å². The van der Waals surface area contributed by atoms with Gasteiger partial charge in [-0.2, -0.15) is 5.10 Å². The molecule has 0 atom stereocenters. The third-order valence-electron chi connectivity index (χ3n) is 3.41. The third kappa shape index (κ3) is 2.23. The molecule has 2 heterocycles. The minimum atomic E-state index is 0.907. The van der Waals surface area contributed by atoms with Crippen molar-refractivity contribution in [1.29, 1.82) is 0 Å². The van der Waals surface area contributed by atoms with Crippen molar-refractivity contribution in [2.45, 2.75) is 20.3 Å². The number of nitrogens with one attached hydrogen (secondary N) is 1. The molecule has 3 aromatic rings. The number of rotatable bonds is 3. The zero-order chi connectivity index (χ0) is 13.9. The van der Waals surface area contributed by atoms with Gasteiger partial charge < -0.3 is 0 Å². The quantitative estimate of drug-likeness (QED) is 0.775. The van der Waals surface area contributed by atoms with E-state index in [1.54, 1.807) is 0 Å². The lowest BCUT2D eigenvalue weighted by Crippen LogP contribution is -1.89. The first kappa shape index (κ1) is 12.6. The Morgan fingerprint density at radius 3 is 2.70 bits per heavy atom. The number of H-pyrrole nitrogens is 1. The molecule has 0 radical (unpaired) electrons. The van der Waals surface area contributed by atoms with Crippen molar-refractivity contribution in [3.63, 3.8) is 0 Å². The highest BCUT2D eigenvalue weighted by Crippen LogP contribution is 2.32. The fourth-order valence-electron chi connectivity index (χ4n) is 2.42. The molecule has 3 rings (SSSR count). The maximum absolute atomic E-state index is 4.51. The normalized spacial score (nSPS) is 10.7.